The van der Waals surface area contributed by atoms with E-state index in [-0.39, 0.29) is 0 Å². The quantitative estimate of drug-likeness (QED) is 0.770. The third-order valence-corrected chi connectivity index (χ3v) is 7.57. The minimum absolute atomic E-state index is 0.577. The molecule has 0 aromatic heterocycles. The van der Waals surface area contributed by atoms with Crippen LogP contribution in [0.15, 0.2) is 34.5 Å². The first kappa shape index (κ1) is 21.2. The molecule has 2 atom stereocenters. The van der Waals surface area contributed by atoms with Crippen LogP contribution in [0.1, 0.15) is 31.2 Å². The summed E-state index contributed by atoms with van der Waals surface area (Å²) in [6.07, 6.45) is 5.37. The van der Waals surface area contributed by atoms with Crippen molar-refractivity contribution in [2.24, 2.45) is 15.9 Å². The molecular weight excluding hydrogens is 412 g/mol. The Balaban J connectivity index is 1.25. The fourth-order valence-electron chi connectivity index (χ4n) is 5.65. The van der Waals surface area contributed by atoms with E-state index in [0.717, 1.165) is 56.7 Å². The fraction of sp³-hybridized carbons (Fsp3) is 0.652. The average molecular weight is 445 g/mol. The first-order chi connectivity index (χ1) is 15.2. The molecule has 168 valence electrons. The number of hydrogen-bond donors (Lipinski definition) is 1. The van der Waals surface area contributed by atoms with Gasteiger partial charge in [0.05, 0.1) is 19.6 Å². The smallest absolute Gasteiger partial charge is 0.135 e. The van der Waals surface area contributed by atoms with Crippen LogP contribution >= 0.6 is 11.6 Å². The van der Waals surface area contributed by atoms with Gasteiger partial charge in [0.15, 0.2) is 0 Å². The van der Waals surface area contributed by atoms with Crippen LogP contribution in [0.3, 0.4) is 0 Å². The highest BCUT2D eigenvalue weighted by atomic mass is 35.5. The molecule has 0 aliphatic carbocycles. The average Bonchev–Trinajstić information content (AvgIpc) is 3.43. The van der Waals surface area contributed by atoms with Gasteiger partial charge in [0.2, 0.25) is 0 Å². The Morgan fingerprint density at radius 1 is 1.00 bits per heavy atom. The summed E-state index contributed by atoms with van der Waals surface area (Å²) in [5.41, 5.74) is 7.21. The van der Waals surface area contributed by atoms with Crippen molar-refractivity contribution in [3.05, 3.63) is 34.9 Å². The van der Waals surface area contributed by atoms with E-state index >= 15 is 0 Å². The van der Waals surface area contributed by atoms with Gasteiger partial charge in [0, 0.05) is 55.9 Å². The number of morpholine rings is 1. The van der Waals surface area contributed by atoms with Gasteiger partial charge in [-0.15, -0.1) is 10.2 Å². The van der Waals surface area contributed by atoms with Crippen LogP contribution in [0.2, 0.25) is 5.02 Å². The third kappa shape index (κ3) is 4.90. The first-order valence-electron chi connectivity index (χ1n) is 11.6. The van der Waals surface area contributed by atoms with Gasteiger partial charge in [-0.1, -0.05) is 23.7 Å². The Morgan fingerprint density at radius 3 is 2.42 bits per heavy atom. The molecule has 4 aliphatic heterocycles. The number of benzene rings is 1. The van der Waals surface area contributed by atoms with Crippen molar-refractivity contribution in [2.45, 2.75) is 50.2 Å². The van der Waals surface area contributed by atoms with Gasteiger partial charge in [-0.3, -0.25) is 9.80 Å². The molecule has 3 saturated heterocycles. The molecule has 0 bridgehead atoms. The monoisotopic (exact) mass is 444 g/mol. The zero-order valence-electron chi connectivity index (χ0n) is 18.1. The summed E-state index contributed by atoms with van der Waals surface area (Å²) >= 11 is 6.12. The van der Waals surface area contributed by atoms with Gasteiger partial charge in [-0.25, -0.2) is 0 Å². The summed E-state index contributed by atoms with van der Waals surface area (Å²) in [6.45, 7) is 7.10. The van der Waals surface area contributed by atoms with Crippen molar-refractivity contribution in [3.8, 4) is 0 Å². The van der Waals surface area contributed by atoms with Gasteiger partial charge < -0.3 is 15.4 Å². The predicted molar refractivity (Wildman–Crippen MR) is 125 cm³/mol. The Labute approximate surface area is 189 Å². The molecule has 3 fully saturated rings. The number of amidine groups is 2. The van der Waals surface area contributed by atoms with E-state index in [1.165, 1.54) is 31.4 Å². The SMILES string of the molecule is NC1=NN=C(N2CCC(N3C[C@H](N4CCOCC4)C[C@@H]3Cc3ccc(Cl)cc3)CC2)C1. The normalized spacial score (nSPS) is 28.7. The molecule has 7 nitrogen and oxygen atoms in total. The lowest BCUT2D eigenvalue weighted by Crippen LogP contribution is -2.50. The highest BCUT2D eigenvalue weighted by molar-refractivity contribution is 6.30. The zero-order chi connectivity index (χ0) is 21.2. The van der Waals surface area contributed by atoms with E-state index < -0.39 is 0 Å². The molecule has 5 rings (SSSR count). The summed E-state index contributed by atoms with van der Waals surface area (Å²) in [5.74, 6) is 1.68. The molecule has 0 amide bonds. The number of piperidine rings is 1. The standard InChI is InChI=1S/C23H33ClN6O/c24-18-3-1-17(2-4-18)13-20-14-21(28-9-11-31-12-10-28)16-30(20)19-5-7-29(8-6-19)23-15-22(25)26-27-23/h1-4,19-21H,5-16H2,(H2,25,26)/t20-,21+/m0/s1. The van der Waals surface area contributed by atoms with Crippen LogP contribution in [0.25, 0.3) is 0 Å². The second-order valence-corrected chi connectivity index (χ2v) is 9.66. The van der Waals surface area contributed by atoms with Crippen molar-refractivity contribution in [1.29, 1.82) is 0 Å². The minimum Gasteiger partial charge on any atom is -0.385 e. The van der Waals surface area contributed by atoms with Crippen molar-refractivity contribution in [1.82, 2.24) is 14.7 Å². The number of rotatable bonds is 4. The van der Waals surface area contributed by atoms with Crippen molar-refractivity contribution in [3.63, 3.8) is 0 Å². The van der Waals surface area contributed by atoms with Gasteiger partial charge in [0.1, 0.15) is 11.7 Å². The Bertz CT molecular complexity index is 814. The number of hydrogen-bond acceptors (Lipinski definition) is 7. The van der Waals surface area contributed by atoms with Crippen LogP contribution in [0.4, 0.5) is 0 Å². The van der Waals surface area contributed by atoms with E-state index in [2.05, 4.69) is 37.0 Å². The summed E-state index contributed by atoms with van der Waals surface area (Å²) in [4.78, 5) is 7.85. The summed E-state index contributed by atoms with van der Waals surface area (Å²) in [5, 5.41) is 9.11. The van der Waals surface area contributed by atoms with E-state index in [9.17, 15) is 0 Å². The topological polar surface area (TPSA) is 69.7 Å². The highest BCUT2D eigenvalue weighted by Gasteiger charge is 2.40. The molecule has 8 heteroatoms. The molecular formula is C23H33ClN6O. The van der Waals surface area contributed by atoms with E-state index in [4.69, 9.17) is 22.1 Å². The molecule has 0 spiro atoms. The van der Waals surface area contributed by atoms with Crippen LogP contribution in [0.5, 0.6) is 0 Å². The largest absolute Gasteiger partial charge is 0.385 e. The molecule has 4 aliphatic rings. The van der Waals surface area contributed by atoms with Gasteiger partial charge in [0.25, 0.3) is 0 Å². The van der Waals surface area contributed by atoms with Crippen molar-refractivity contribution < 1.29 is 4.74 Å². The Hall–Kier alpha value is -1.67. The maximum absolute atomic E-state index is 6.12. The summed E-state index contributed by atoms with van der Waals surface area (Å²) in [7, 11) is 0. The number of nitrogens with two attached hydrogens (primary N) is 1. The molecule has 1 aromatic carbocycles. The first-order valence-corrected chi connectivity index (χ1v) is 12.0. The van der Waals surface area contributed by atoms with Crippen LogP contribution in [-0.2, 0) is 11.2 Å². The second-order valence-electron chi connectivity index (χ2n) is 9.22. The maximum atomic E-state index is 6.12. The van der Waals surface area contributed by atoms with Gasteiger partial charge in [-0.2, -0.15) is 0 Å². The zero-order valence-corrected chi connectivity index (χ0v) is 18.9. The molecule has 2 N–H and O–H groups in total. The van der Waals surface area contributed by atoms with Crippen molar-refractivity contribution in [2.75, 3.05) is 45.9 Å². The molecule has 0 saturated carbocycles. The highest BCUT2D eigenvalue weighted by Crippen LogP contribution is 2.31. The molecule has 0 unspecified atom stereocenters. The third-order valence-electron chi connectivity index (χ3n) is 7.31. The van der Waals surface area contributed by atoms with Crippen LogP contribution in [-0.4, -0.2) is 90.4 Å². The number of nitrogens with zero attached hydrogens (tertiary/aromatic N) is 5. The fourth-order valence-corrected chi connectivity index (χ4v) is 5.78. The molecule has 1 aromatic rings. The molecule has 0 radical (unpaired) electrons. The van der Waals surface area contributed by atoms with Crippen LogP contribution < -0.4 is 5.73 Å². The predicted octanol–water partition coefficient (Wildman–Crippen LogP) is 2.20. The van der Waals surface area contributed by atoms with E-state index in [0.29, 0.717) is 30.4 Å². The number of halogens is 1. The number of ether oxygens (including phenoxy) is 1. The summed E-state index contributed by atoms with van der Waals surface area (Å²) in [6, 6.07) is 10.2. The molecule has 4 heterocycles. The summed E-state index contributed by atoms with van der Waals surface area (Å²) < 4.78 is 5.60. The van der Waals surface area contributed by atoms with E-state index in [1.54, 1.807) is 0 Å². The number of likely N-dealkylation sites (tertiary alicyclic amines) is 2. The van der Waals surface area contributed by atoms with Crippen LogP contribution in [0, 0.1) is 0 Å². The molecule has 31 heavy (non-hydrogen) atoms. The van der Waals surface area contributed by atoms with E-state index in [1.807, 2.05) is 12.1 Å². The lowest BCUT2D eigenvalue weighted by Gasteiger charge is -2.40. The Morgan fingerprint density at radius 2 is 1.74 bits per heavy atom. The second kappa shape index (κ2) is 9.45. The van der Waals surface area contributed by atoms with Gasteiger partial charge in [-0.05, 0) is 43.4 Å². The van der Waals surface area contributed by atoms with Crippen molar-refractivity contribution >= 4 is 23.3 Å². The Kier molecular flexibility index (Phi) is 6.46. The lowest BCUT2D eigenvalue weighted by molar-refractivity contribution is 0.0169. The lowest BCUT2D eigenvalue weighted by atomic mass is 9.98. The maximum Gasteiger partial charge on any atom is 0.135 e. The van der Waals surface area contributed by atoms with Gasteiger partial charge >= 0.3 is 0 Å². The minimum atomic E-state index is 0.577.